The maximum atomic E-state index is 11.2. The van der Waals surface area contributed by atoms with Crippen molar-refractivity contribution in [2.24, 2.45) is 0 Å². The van der Waals surface area contributed by atoms with Crippen LogP contribution in [-0.2, 0) is 9.09 Å². The monoisotopic (exact) mass is 190 g/mol. The Morgan fingerprint density at radius 1 is 1.75 bits per heavy atom. The van der Waals surface area contributed by atoms with Crippen LogP contribution < -0.4 is 0 Å². The molecule has 3 nitrogen and oxygen atoms in total. The molecule has 4 heteroatoms. The van der Waals surface area contributed by atoms with Crippen LogP contribution in [0.25, 0.3) is 0 Å². The zero-order valence-electron chi connectivity index (χ0n) is 7.49. The van der Waals surface area contributed by atoms with Crippen LogP contribution in [0, 0.1) is 12.3 Å². The topological polar surface area (TPSA) is 46.5 Å². The predicted octanol–water partition coefficient (Wildman–Crippen LogP) is 2.01. The van der Waals surface area contributed by atoms with Gasteiger partial charge in [-0.3, -0.25) is 9.09 Å². The summed E-state index contributed by atoms with van der Waals surface area (Å²) in [7, 11) is -3.42. The van der Waals surface area contributed by atoms with Crippen molar-refractivity contribution in [2.45, 2.75) is 32.8 Å². The first-order valence-corrected chi connectivity index (χ1v) is 5.74. The fourth-order valence-electron chi connectivity index (χ4n) is 0.688. The highest BCUT2D eigenvalue weighted by Crippen LogP contribution is 2.43. The van der Waals surface area contributed by atoms with Gasteiger partial charge in [-0.25, -0.2) is 0 Å². The van der Waals surface area contributed by atoms with Gasteiger partial charge in [0.15, 0.2) is 0 Å². The summed E-state index contributed by atoms with van der Waals surface area (Å²) in [4.78, 5) is 9.18. The van der Waals surface area contributed by atoms with E-state index < -0.39 is 13.7 Å². The van der Waals surface area contributed by atoms with Crippen molar-refractivity contribution >= 4 is 7.60 Å². The molecule has 0 aromatic heterocycles. The van der Waals surface area contributed by atoms with Gasteiger partial charge in [0.05, 0.1) is 6.16 Å². The fourth-order valence-corrected chi connectivity index (χ4v) is 2.06. The van der Waals surface area contributed by atoms with E-state index in [4.69, 9.17) is 10.9 Å². The Kier molecular flexibility index (Phi) is 5.24. The highest BCUT2D eigenvalue weighted by molar-refractivity contribution is 7.52. The van der Waals surface area contributed by atoms with Crippen LogP contribution in [0.1, 0.15) is 26.7 Å². The molecular weight excluding hydrogens is 175 g/mol. The van der Waals surface area contributed by atoms with Crippen molar-refractivity contribution in [1.82, 2.24) is 0 Å². The van der Waals surface area contributed by atoms with Crippen LogP contribution in [0.5, 0.6) is 0 Å². The predicted molar refractivity (Wildman–Crippen MR) is 49.0 cm³/mol. The molecule has 0 radical (unpaired) electrons. The van der Waals surface area contributed by atoms with Gasteiger partial charge in [0, 0.05) is 0 Å². The highest BCUT2D eigenvalue weighted by atomic mass is 31.2. The summed E-state index contributed by atoms with van der Waals surface area (Å²) < 4.78 is 15.9. The van der Waals surface area contributed by atoms with Gasteiger partial charge in [-0.05, 0) is 13.3 Å². The largest absolute Gasteiger partial charge is 0.329 e. The molecule has 12 heavy (non-hydrogen) atoms. The molecule has 0 heterocycles. The van der Waals surface area contributed by atoms with E-state index in [1.54, 1.807) is 6.92 Å². The first-order valence-electron chi connectivity index (χ1n) is 3.98. The maximum absolute atomic E-state index is 11.2. The van der Waals surface area contributed by atoms with Crippen molar-refractivity contribution < 1.29 is 14.0 Å². The minimum Gasteiger partial charge on any atom is -0.324 e. The second kappa shape index (κ2) is 5.37. The SMILES string of the molecule is C#CC(C)OP(=O)(O)CCCC. The second-order valence-corrected chi connectivity index (χ2v) is 4.56. The molecule has 0 amide bonds. The quantitative estimate of drug-likeness (QED) is 0.532. The van der Waals surface area contributed by atoms with Crippen LogP contribution >= 0.6 is 7.60 Å². The Balaban J connectivity index is 3.89. The number of unbranched alkanes of at least 4 members (excludes halogenated alkanes) is 1. The van der Waals surface area contributed by atoms with E-state index >= 15 is 0 Å². The van der Waals surface area contributed by atoms with E-state index in [0.29, 0.717) is 6.42 Å². The summed E-state index contributed by atoms with van der Waals surface area (Å²) in [6.45, 7) is 3.53. The third-order valence-corrected chi connectivity index (χ3v) is 2.88. The van der Waals surface area contributed by atoms with Gasteiger partial charge >= 0.3 is 7.60 Å². The third-order valence-electron chi connectivity index (χ3n) is 1.35. The highest BCUT2D eigenvalue weighted by Gasteiger charge is 2.20. The van der Waals surface area contributed by atoms with Crippen molar-refractivity contribution in [3.05, 3.63) is 0 Å². The molecule has 70 valence electrons. The number of hydrogen-bond acceptors (Lipinski definition) is 2. The van der Waals surface area contributed by atoms with E-state index in [0.717, 1.165) is 6.42 Å². The third kappa shape index (κ3) is 5.37. The van der Waals surface area contributed by atoms with Crippen LogP contribution in [0.2, 0.25) is 0 Å². The molecule has 0 aliphatic carbocycles. The lowest BCUT2D eigenvalue weighted by atomic mass is 10.4. The average molecular weight is 190 g/mol. The standard InChI is InChI=1S/C8H15O3P/c1-4-6-7-12(9,10)11-8(3)5-2/h2,8H,4,6-7H2,1,3H3,(H,9,10). The van der Waals surface area contributed by atoms with Gasteiger partial charge in [0.2, 0.25) is 0 Å². The first kappa shape index (κ1) is 11.7. The fraction of sp³-hybridized carbons (Fsp3) is 0.750. The van der Waals surface area contributed by atoms with Crippen LogP contribution in [0.4, 0.5) is 0 Å². The summed E-state index contributed by atoms with van der Waals surface area (Å²) in [5.41, 5.74) is 0. The molecule has 0 aromatic carbocycles. The maximum Gasteiger partial charge on any atom is 0.329 e. The average Bonchev–Trinajstić information content (AvgIpc) is 2.00. The van der Waals surface area contributed by atoms with E-state index in [1.165, 1.54) is 0 Å². The summed E-state index contributed by atoms with van der Waals surface area (Å²) in [6, 6.07) is 0. The summed E-state index contributed by atoms with van der Waals surface area (Å²) in [5, 5.41) is 0. The van der Waals surface area contributed by atoms with Crippen molar-refractivity contribution in [1.29, 1.82) is 0 Å². The molecule has 0 saturated carbocycles. The van der Waals surface area contributed by atoms with Crippen LogP contribution in [-0.4, -0.2) is 17.2 Å². The first-order chi connectivity index (χ1) is 5.52. The normalized spacial score (nSPS) is 17.8. The Labute approximate surface area is 73.7 Å². The van der Waals surface area contributed by atoms with E-state index in [2.05, 4.69) is 5.92 Å². The second-order valence-electron chi connectivity index (χ2n) is 2.63. The Hall–Kier alpha value is -0.290. The minimum atomic E-state index is -3.42. The molecule has 0 aliphatic rings. The number of terminal acetylenes is 1. The van der Waals surface area contributed by atoms with E-state index in [9.17, 15) is 9.46 Å². The molecule has 0 spiro atoms. The van der Waals surface area contributed by atoms with Gasteiger partial charge in [-0.1, -0.05) is 19.3 Å². The number of hydrogen-bond donors (Lipinski definition) is 1. The molecule has 0 aliphatic heterocycles. The molecule has 0 aromatic rings. The summed E-state index contributed by atoms with van der Waals surface area (Å²) >= 11 is 0. The van der Waals surface area contributed by atoms with Crippen LogP contribution in [0.15, 0.2) is 0 Å². The minimum absolute atomic E-state index is 0.190. The Bertz CT molecular complexity index is 207. The molecule has 2 atom stereocenters. The summed E-state index contributed by atoms with van der Waals surface area (Å²) in [6.07, 6.45) is 6.16. The lowest BCUT2D eigenvalue weighted by Crippen LogP contribution is -2.04. The van der Waals surface area contributed by atoms with E-state index in [1.807, 2.05) is 6.92 Å². The van der Waals surface area contributed by atoms with Gasteiger partial charge in [0.1, 0.15) is 6.10 Å². The lowest BCUT2D eigenvalue weighted by Gasteiger charge is -2.13. The molecule has 0 rings (SSSR count). The smallest absolute Gasteiger partial charge is 0.324 e. The van der Waals surface area contributed by atoms with E-state index in [-0.39, 0.29) is 6.16 Å². The number of rotatable bonds is 5. The van der Waals surface area contributed by atoms with Crippen LogP contribution in [0.3, 0.4) is 0 Å². The van der Waals surface area contributed by atoms with Gasteiger partial charge in [0.25, 0.3) is 0 Å². The molecule has 0 saturated heterocycles. The van der Waals surface area contributed by atoms with Gasteiger partial charge in [-0.2, -0.15) is 0 Å². The van der Waals surface area contributed by atoms with Gasteiger partial charge < -0.3 is 4.89 Å². The van der Waals surface area contributed by atoms with Crippen molar-refractivity contribution in [3.8, 4) is 12.3 Å². The zero-order chi connectivity index (χ0) is 9.61. The molecule has 2 unspecified atom stereocenters. The van der Waals surface area contributed by atoms with Crippen molar-refractivity contribution in [2.75, 3.05) is 6.16 Å². The molecule has 0 bridgehead atoms. The summed E-state index contributed by atoms with van der Waals surface area (Å²) in [5.74, 6) is 2.24. The molecule has 1 N–H and O–H groups in total. The van der Waals surface area contributed by atoms with Gasteiger partial charge in [-0.15, -0.1) is 6.42 Å². The Morgan fingerprint density at radius 2 is 2.33 bits per heavy atom. The van der Waals surface area contributed by atoms with Crippen molar-refractivity contribution in [3.63, 3.8) is 0 Å². The zero-order valence-corrected chi connectivity index (χ0v) is 8.38. The molecule has 0 fully saturated rings. The Morgan fingerprint density at radius 3 is 2.75 bits per heavy atom. The lowest BCUT2D eigenvalue weighted by molar-refractivity contribution is 0.231. The molecular formula is C8H15O3P.